The second-order valence-corrected chi connectivity index (χ2v) is 5.77. The largest absolute Gasteiger partial charge is 0.206 e. The number of aryl methyl sites for hydroxylation is 1. The van der Waals surface area contributed by atoms with E-state index in [-0.39, 0.29) is 36.2 Å². The van der Waals surface area contributed by atoms with Crippen LogP contribution in [0.2, 0.25) is 25.1 Å². The van der Waals surface area contributed by atoms with E-state index in [1.807, 2.05) is 0 Å². The van der Waals surface area contributed by atoms with E-state index >= 15 is 0 Å². The second-order valence-electron chi connectivity index (χ2n) is 3.88. The minimum Gasteiger partial charge on any atom is -0.206 e. The smallest absolute Gasteiger partial charge is 0.134 e. The third kappa shape index (κ3) is 2.55. The summed E-state index contributed by atoms with van der Waals surface area (Å²) < 4.78 is 14.2. The Labute approximate surface area is 135 Å². The first-order valence-electron chi connectivity index (χ1n) is 5.13. The van der Waals surface area contributed by atoms with Crippen molar-refractivity contribution in [1.82, 2.24) is 0 Å². The highest BCUT2D eigenvalue weighted by molar-refractivity contribution is 6.56. The van der Waals surface area contributed by atoms with E-state index in [0.717, 1.165) is 0 Å². The highest BCUT2D eigenvalue weighted by atomic mass is 35.5. The molecule has 0 amide bonds. The normalized spacial score (nSPS) is 10.9. The zero-order chi connectivity index (χ0) is 14.3. The second kappa shape index (κ2) is 5.67. The molecule has 0 spiro atoms. The zero-order valence-corrected chi connectivity index (χ0v) is 13.3. The molecule has 0 nitrogen and oxygen atoms in total. The maximum absolute atomic E-state index is 14.2. The van der Waals surface area contributed by atoms with E-state index in [9.17, 15) is 4.39 Å². The predicted octanol–water partition coefficient (Wildman–Crippen LogP) is 7.07. The summed E-state index contributed by atoms with van der Waals surface area (Å²) >= 11 is 30.1. The fourth-order valence-corrected chi connectivity index (χ4v) is 3.02. The van der Waals surface area contributed by atoms with Crippen molar-refractivity contribution < 1.29 is 4.39 Å². The van der Waals surface area contributed by atoms with E-state index in [4.69, 9.17) is 58.0 Å². The number of hydrogen-bond donors (Lipinski definition) is 0. The van der Waals surface area contributed by atoms with Gasteiger partial charge in [0.2, 0.25) is 0 Å². The Balaban J connectivity index is 2.87. The van der Waals surface area contributed by atoms with Crippen molar-refractivity contribution in [1.29, 1.82) is 0 Å². The SMILES string of the molecule is Cc1cccc(-c2c(Cl)c(Cl)c(Cl)c(Cl)c2Cl)c1F. The average Bonchev–Trinajstić information content (AvgIpc) is 2.39. The molecule has 0 aliphatic heterocycles. The van der Waals surface area contributed by atoms with Gasteiger partial charge in [-0.05, 0) is 12.5 Å². The summed E-state index contributed by atoms with van der Waals surface area (Å²) in [5.74, 6) is -0.430. The van der Waals surface area contributed by atoms with Crippen molar-refractivity contribution in [3.05, 3.63) is 54.7 Å². The Morgan fingerprint density at radius 2 is 1.26 bits per heavy atom. The average molecular weight is 358 g/mol. The lowest BCUT2D eigenvalue weighted by atomic mass is 10.0. The summed E-state index contributed by atoms with van der Waals surface area (Å²) in [6.07, 6.45) is 0. The van der Waals surface area contributed by atoms with Gasteiger partial charge in [-0.2, -0.15) is 0 Å². The van der Waals surface area contributed by atoms with Crippen LogP contribution in [0.15, 0.2) is 18.2 Å². The van der Waals surface area contributed by atoms with E-state index < -0.39 is 5.82 Å². The van der Waals surface area contributed by atoms with Crippen molar-refractivity contribution in [2.24, 2.45) is 0 Å². The van der Waals surface area contributed by atoms with Crippen LogP contribution in [0.4, 0.5) is 4.39 Å². The van der Waals surface area contributed by atoms with Gasteiger partial charge < -0.3 is 0 Å². The molecule has 0 unspecified atom stereocenters. The molecular weight excluding hydrogens is 352 g/mol. The van der Waals surface area contributed by atoms with Crippen LogP contribution in [0.1, 0.15) is 5.56 Å². The van der Waals surface area contributed by atoms with Gasteiger partial charge in [-0.3, -0.25) is 0 Å². The fraction of sp³-hybridized carbons (Fsp3) is 0.0769. The molecule has 0 saturated heterocycles. The molecule has 0 bridgehead atoms. The van der Waals surface area contributed by atoms with Crippen molar-refractivity contribution in [3.8, 4) is 11.1 Å². The summed E-state index contributed by atoms with van der Waals surface area (Å²) in [6, 6.07) is 4.88. The van der Waals surface area contributed by atoms with Gasteiger partial charge in [0.05, 0.1) is 25.1 Å². The fourth-order valence-electron chi connectivity index (χ4n) is 1.68. The standard InChI is InChI=1S/C13H6Cl5F/c1-5-3-2-4-6(13(5)19)7-8(14)10(16)12(18)11(17)9(7)15/h2-4H,1H3. The summed E-state index contributed by atoms with van der Waals surface area (Å²) in [5.41, 5.74) is 0.936. The lowest BCUT2D eigenvalue weighted by Gasteiger charge is -2.14. The Morgan fingerprint density at radius 1 is 0.789 bits per heavy atom. The number of halogens is 6. The Hall–Kier alpha value is -0.180. The van der Waals surface area contributed by atoms with Gasteiger partial charge >= 0.3 is 0 Å². The third-order valence-electron chi connectivity index (χ3n) is 2.67. The summed E-state index contributed by atoms with van der Waals surface area (Å²) in [7, 11) is 0. The molecule has 0 aromatic heterocycles. The summed E-state index contributed by atoms with van der Waals surface area (Å²) in [6.45, 7) is 1.64. The summed E-state index contributed by atoms with van der Waals surface area (Å²) in [5, 5.41) is 0.300. The molecule has 0 saturated carbocycles. The highest BCUT2D eigenvalue weighted by Crippen LogP contribution is 2.48. The first-order chi connectivity index (χ1) is 8.86. The zero-order valence-electron chi connectivity index (χ0n) is 9.50. The van der Waals surface area contributed by atoms with Crippen molar-refractivity contribution in [3.63, 3.8) is 0 Å². The summed E-state index contributed by atoms with van der Waals surface area (Å²) in [4.78, 5) is 0. The van der Waals surface area contributed by atoms with Gasteiger partial charge in [-0.1, -0.05) is 76.2 Å². The first kappa shape index (κ1) is 15.2. The number of hydrogen-bond acceptors (Lipinski definition) is 0. The minimum atomic E-state index is -0.430. The first-order valence-corrected chi connectivity index (χ1v) is 7.02. The number of benzene rings is 2. The Morgan fingerprint density at radius 3 is 1.79 bits per heavy atom. The topological polar surface area (TPSA) is 0 Å². The minimum absolute atomic E-state index is 0.0497. The highest BCUT2D eigenvalue weighted by Gasteiger charge is 2.22. The van der Waals surface area contributed by atoms with Crippen LogP contribution in [0.5, 0.6) is 0 Å². The maximum atomic E-state index is 14.2. The van der Waals surface area contributed by atoms with E-state index in [1.54, 1.807) is 25.1 Å². The quantitative estimate of drug-likeness (QED) is 0.378. The van der Waals surface area contributed by atoms with Gasteiger partial charge in [0.15, 0.2) is 0 Å². The van der Waals surface area contributed by atoms with E-state index in [0.29, 0.717) is 5.56 Å². The van der Waals surface area contributed by atoms with Crippen molar-refractivity contribution in [2.45, 2.75) is 6.92 Å². The molecule has 2 aromatic carbocycles. The molecule has 0 heterocycles. The monoisotopic (exact) mass is 356 g/mol. The molecule has 19 heavy (non-hydrogen) atoms. The van der Waals surface area contributed by atoms with Gasteiger partial charge in [-0.25, -0.2) is 4.39 Å². The molecule has 0 radical (unpaired) electrons. The molecular formula is C13H6Cl5F. The van der Waals surface area contributed by atoms with Crippen molar-refractivity contribution >= 4 is 58.0 Å². The van der Waals surface area contributed by atoms with Crippen LogP contribution >= 0.6 is 58.0 Å². The van der Waals surface area contributed by atoms with Crippen LogP contribution in [0, 0.1) is 12.7 Å². The van der Waals surface area contributed by atoms with Gasteiger partial charge in [-0.15, -0.1) is 0 Å². The van der Waals surface area contributed by atoms with Crippen LogP contribution < -0.4 is 0 Å². The third-order valence-corrected chi connectivity index (χ3v) is 4.95. The molecule has 0 fully saturated rings. The molecule has 0 N–H and O–H groups in total. The molecule has 0 aliphatic rings. The molecule has 2 rings (SSSR count). The van der Waals surface area contributed by atoms with Gasteiger partial charge in [0.1, 0.15) is 5.82 Å². The molecule has 0 aliphatic carbocycles. The van der Waals surface area contributed by atoms with Crippen LogP contribution in [-0.4, -0.2) is 0 Å². The van der Waals surface area contributed by atoms with Crippen LogP contribution in [-0.2, 0) is 0 Å². The Bertz CT molecular complexity index is 638. The van der Waals surface area contributed by atoms with Crippen LogP contribution in [0.3, 0.4) is 0 Å². The number of rotatable bonds is 1. The van der Waals surface area contributed by atoms with Crippen molar-refractivity contribution in [2.75, 3.05) is 0 Å². The predicted molar refractivity (Wildman–Crippen MR) is 81.6 cm³/mol. The van der Waals surface area contributed by atoms with E-state index in [2.05, 4.69) is 0 Å². The lowest BCUT2D eigenvalue weighted by Crippen LogP contribution is -1.92. The lowest BCUT2D eigenvalue weighted by molar-refractivity contribution is 0.622. The van der Waals surface area contributed by atoms with Gasteiger partial charge in [0, 0.05) is 11.1 Å². The Kier molecular flexibility index (Phi) is 4.54. The molecule has 2 aromatic rings. The molecule has 0 atom stereocenters. The maximum Gasteiger partial charge on any atom is 0.134 e. The van der Waals surface area contributed by atoms with Gasteiger partial charge in [0.25, 0.3) is 0 Å². The van der Waals surface area contributed by atoms with Crippen LogP contribution in [0.25, 0.3) is 11.1 Å². The molecule has 6 heteroatoms. The van der Waals surface area contributed by atoms with E-state index in [1.165, 1.54) is 0 Å². The molecule has 100 valence electrons.